The minimum atomic E-state index is -3.65. The number of hydrogen-bond acceptors (Lipinski definition) is 5. The zero-order chi connectivity index (χ0) is 24.9. The third-order valence-electron chi connectivity index (χ3n) is 5.76. The number of aromatic nitrogens is 2. The maximum atomic E-state index is 13.3. The summed E-state index contributed by atoms with van der Waals surface area (Å²) in [5.74, 6) is 0.162. The Morgan fingerprint density at radius 2 is 1.94 bits per heavy atom. The van der Waals surface area contributed by atoms with Crippen LogP contribution in [-0.2, 0) is 38.2 Å². The fourth-order valence-corrected chi connectivity index (χ4v) is 5.74. The number of imidazole rings is 1. The average Bonchev–Trinajstić information content (AvgIpc) is 3.37. The molecule has 1 amide bonds. The van der Waals surface area contributed by atoms with Gasteiger partial charge in [0.2, 0.25) is 20.9 Å². The molecule has 34 heavy (non-hydrogen) atoms. The van der Waals surface area contributed by atoms with Crippen LogP contribution in [0.25, 0.3) is 0 Å². The average molecular weight is 490 g/mol. The van der Waals surface area contributed by atoms with Gasteiger partial charge >= 0.3 is 0 Å². The molecule has 1 aromatic heterocycles. The fourth-order valence-electron chi connectivity index (χ4n) is 4.23. The number of rotatable bonds is 10. The summed E-state index contributed by atoms with van der Waals surface area (Å²) in [4.78, 5) is 19.4. The Balaban J connectivity index is 1.91. The molecule has 3 rings (SSSR count). The standard InChI is InChI=1S/C26H39N3O4S/c1-20(2)16-29-22(15-27-25(29)34(31,32)19-21-10-7-6-8-11-21)17-28(18-23-12-9-13-33-23)24(30)14-26(3,4)5/h6-8,10-11,15,20,23H,9,12-14,16-19H2,1-5H3/t23-/m0/s1. The van der Waals surface area contributed by atoms with Gasteiger partial charge in [-0.3, -0.25) is 4.79 Å². The van der Waals surface area contributed by atoms with E-state index in [9.17, 15) is 13.2 Å². The van der Waals surface area contributed by atoms with Crippen molar-refractivity contribution in [1.29, 1.82) is 0 Å². The van der Waals surface area contributed by atoms with Gasteiger partial charge < -0.3 is 14.2 Å². The molecule has 2 aromatic rings. The summed E-state index contributed by atoms with van der Waals surface area (Å²) < 4.78 is 34.2. The monoisotopic (exact) mass is 489 g/mol. The molecule has 1 atom stereocenters. The smallest absolute Gasteiger partial charge is 0.228 e. The van der Waals surface area contributed by atoms with E-state index in [-0.39, 0.29) is 34.3 Å². The Morgan fingerprint density at radius 3 is 2.53 bits per heavy atom. The van der Waals surface area contributed by atoms with Crippen molar-refractivity contribution < 1.29 is 17.9 Å². The quantitative estimate of drug-likeness (QED) is 0.492. The van der Waals surface area contributed by atoms with E-state index in [0.29, 0.717) is 26.1 Å². The topological polar surface area (TPSA) is 81.5 Å². The van der Waals surface area contributed by atoms with Gasteiger partial charge in [-0.25, -0.2) is 13.4 Å². The Hall–Kier alpha value is -2.19. The highest BCUT2D eigenvalue weighted by Crippen LogP contribution is 2.24. The summed E-state index contributed by atoms with van der Waals surface area (Å²) in [5.41, 5.74) is 1.32. The minimum absolute atomic E-state index is 0.0201. The molecular weight excluding hydrogens is 450 g/mol. The van der Waals surface area contributed by atoms with Crippen molar-refractivity contribution in [2.75, 3.05) is 13.2 Å². The number of carbonyl (C=O) groups is 1. The SMILES string of the molecule is CC(C)Cn1c(CN(C[C@@H]2CCCO2)C(=O)CC(C)(C)C)cnc1S(=O)(=O)Cc1ccccc1. The van der Waals surface area contributed by atoms with Gasteiger partial charge in [-0.05, 0) is 29.7 Å². The van der Waals surface area contributed by atoms with Crippen LogP contribution < -0.4 is 0 Å². The molecule has 1 saturated heterocycles. The van der Waals surface area contributed by atoms with E-state index in [2.05, 4.69) is 4.98 Å². The maximum Gasteiger partial charge on any atom is 0.228 e. The lowest BCUT2D eigenvalue weighted by molar-refractivity contribution is -0.135. The second kappa shape index (κ2) is 11.0. The number of nitrogens with zero attached hydrogens (tertiary/aromatic N) is 3. The minimum Gasteiger partial charge on any atom is -0.376 e. The highest BCUT2D eigenvalue weighted by Gasteiger charge is 2.29. The van der Waals surface area contributed by atoms with Crippen molar-refractivity contribution in [2.24, 2.45) is 11.3 Å². The molecule has 7 nitrogen and oxygen atoms in total. The van der Waals surface area contributed by atoms with Crippen molar-refractivity contribution in [3.63, 3.8) is 0 Å². The summed E-state index contributed by atoms with van der Waals surface area (Å²) in [7, 11) is -3.65. The molecule has 1 fully saturated rings. The summed E-state index contributed by atoms with van der Waals surface area (Å²) in [6, 6.07) is 9.15. The van der Waals surface area contributed by atoms with Gasteiger partial charge in [-0.2, -0.15) is 0 Å². The van der Waals surface area contributed by atoms with E-state index in [1.165, 1.54) is 0 Å². The van der Waals surface area contributed by atoms with Gasteiger partial charge in [0, 0.05) is 26.1 Å². The van der Waals surface area contributed by atoms with Gasteiger partial charge in [-0.15, -0.1) is 0 Å². The molecule has 0 saturated carbocycles. The van der Waals surface area contributed by atoms with Crippen LogP contribution in [0.1, 0.15) is 65.1 Å². The molecule has 188 valence electrons. The summed E-state index contributed by atoms with van der Waals surface area (Å²) in [5, 5.41) is 0.0698. The highest BCUT2D eigenvalue weighted by molar-refractivity contribution is 7.90. The first-order valence-corrected chi connectivity index (χ1v) is 13.8. The highest BCUT2D eigenvalue weighted by atomic mass is 32.2. The van der Waals surface area contributed by atoms with Crippen molar-refractivity contribution in [1.82, 2.24) is 14.5 Å². The maximum absolute atomic E-state index is 13.3. The molecule has 0 N–H and O–H groups in total. The van der Waals surface area contributed by atoms with Crippen molar-refractivity contribution in [3.8, 4) is 0 Å². The van der Waals surface area contributed by atoms with Gasteiger partial charge in [-0.1, -0.05) is 65.0 Å². The number of ether oxygens (including phenoxy) is 1. The fraction of sp³-hybridized carbons (Fsp3) is 0.615. The van der Waals surface area contributed by atoms with Crippen LogP contribution in [0.2, 0.25) is 0 Å². The normalized spacial score (nSPS) is 16.8. The van der Waals surface area contributed by atoms with Crippen molar-refractivity contribution >= 4 is 15.7 Å². The van der Waals surface area contributed by atoms with Crippen LogP contribution in [0.3, 0.4) is 0 Å². The van der Waals surface area contributed by atoms with Crippen LogP contribution in [0.15, 0.2) is 41.7 Å². The number of benzene rings is 1. The second-order valence-electron chi connectivity index (χ2n) is 10.9. The molecule has 1 aromatic carbocycles. The van der Waals surface area contributed by atoms with E-state index >= 15 is 0 Å². The van der Waals surface area contributed by atoms with Crippen LogP contribution in [0.5, 0.6) is 0 Å². The first-order chi connectivity index (χ1) is 15.9. The van der Waals surface area contributed by atoms with Crippen LogP contribution in [0, 0.1) is 11.3 Å². The van der Waals surface area contributed by atoms with Gasteiger partial charge in [0.25, 0.3) is 0 Å². The lowest BCUT2D eigenvalue weighted by Gasteiger charge is -2.29. The zero-order valence-corrected chi connectivity index (χ0v) is 22.0. The summed E-state index contributed by atoms with van der Waals surface area (Å²) in [6.07, 6.45) is 3.98. The number of sulfone groups is 1. The van der Waals surface area contributed by atoms with Crippen molar-refractivity contribution in [2.45, 2.75) is 84.0 Å². The Morgan fingerprint density at radius 1 is 1.24 bits per heavy atom. The predicted octanol–water partition coefficient (Wildman–Crippen LogP) is 4.46. The lowest BCUT2D eigenvalue weighted by Crippen LogP contribution is -2.39. The van der Waals surface area contributed by atoms with Crippen LogP contribution in [-0.4, -0.2) is 48.0 Å². The Bertz CT molecular complexity index is 1050. The van der Waals surface area contributed by atoms with E-state index < -0.39 is 9.84 Å². The van der Waals surface area contributed by atoms with Crippen LogP contribution >= 0.6 is 0 Å². The Labute approximate surface area is 204 Å². The first-order valence-electron chi connectivity index (χ1n) is 12.1. The molecular formula is C26H39N3O4S. The Kier molecular flexibility index (Phi) is 8.57. The van der Waals surface area contributed by atoms with Crippen LogP contribution in [0.4, 0.5) is 0 Å². The van der Waals surface area contributed by atoms with Gasteiger partial charge in [0.05, 0.1) is 30.3 Å². The third-order valence-corrected chi connectivity index (χ3v) is 7.36. The lowest BCUT2D eigenvalue weighted by atomic mass is 9.91. The predicted molar refractivity (Wildman–Crippen MR) is 133 cm³/mol. The van der Waals surface area contributed by atoms with Gasteiger partial charge in [0.1, 0.15) is 0 Å². The molecule has 0 unspecified atom stereocenters. The second-order valence-corrected chi connectivity index (χ2v) is 12.8. The molecule has 0 aliphatic carbocycles. The first kappa shape index (κ1) is 26.4. The molecule has 0 spiro atoms. The van der Waals surface area contributed by atoms with Gasteiger partial charge in [0.15, 0.2) is 0 Å². The number of hydrogen-bond donors (Lipinski definition) is 0. The largest absolute Gasteiger partial charge is 0.376 e. The van der Waals surface area contributed by atoms with E-state index in [1.807, 2.05) is 69.9 Å². The van der Waals surface area contributed by atoms with E-state index in [1.54, 1.807) is 10.8 Å². The molecule has 2 heterocycles. The molecule has 1 aliphatic rings. The van der Waals surface area contributed by atoms with E-state index in [0.717, 1.165) is 30.7 Å². The molecule has 0 bridgehead atoms. The molecule has 1 aliphatic heterocycles. The number of amides is 1. The summed E-state index contributed by atoms with van der Waals surface area (Å²) in [6.45, 7) is 12.3. The van der Waals surface area contributed by atoms with E-state index in [4.69, 9.17) is 4.74 Å². The van der Waals surface area contributed by atoms with Crippen molar-refractivity contribution in [3.05, 3.63) is 47.8 Å². The third kappa shape index (κ3) is 7.40. The molecule has 8 heteroatoms. The zero-order valence-electron chi connectivity index (χ0n) is 21.2. The number of carbonyl (C=O) groups excluding carboxylic acids is 1. The molecule has 0 radical (unpaired) electrons. The summed E-state index contributed by atoms with van der Waals surface area (Å²) >= 11 is 0.